The lowest BCUT2D eigenvalue weighted by Gasteiger charge is -2.25. The average Bonchev–Trinajstić information content (AvgIpc) is 3.07. The molecule has 0 amide bonds. The number of nitrogens with zero attached hydrogens (tertiary/aromatic N) is 2. The van der Waals surface area contributed by atoms with E-state index in [1.165, 1.54) is 24.1 Å². The molecule has 94 valence electrons. The van der Waals surface area contributed by atoms with Crippen molar-refractivity contribution < 1.29 is 4.74 Å². The van der Waals surface area contributed by atoms with E-state index in [-0.39, 0.29) is 0 Å². The van der Waals surface area contributed by atoms with Crippen molar-refractivity contribution in [1.82, 2.24) is 15.1 Å². The van der Waals surface area contributed by atoms with Crippen LogP contribution < -0.4 is 5.32 Å². The largest absolute Gasteiger partial charge is 0.381 e. The molecule has 4 heteroatoms. The van der Waals surface area contributed by atoms with Crippen LogP contribution >= 0.6 is 0 Å². The molecule has 3 rings (SSSR count). The number of rotatable bonds is 5. The number of hydrogen-bond donors (Lipinski definition) is 1. The van der Waals surface area contributed by atoms with Gasteiger partial charge in [0.1, 0.15) is 0 Å². The molecule has 1 aliphatic heterocycles. The van der Waals surface area contributed by atoms with E-state index in [4.69, 9.17) is 4.74 Å². The molecule has 0 spiro atoms. The highest BCUT2D eigenvalue weighted by molar-refractivity contribution is 5.25. The van der Waals surface area contributed by atoms with Gasteiger partial charge in [0, 0.05) is 43.4 Å². The lowest BCUT2D eigenvalue weighted by Crippen LogP contribution is -2.32. The second-order valence-electron chi connectivity index (χ2n) is 5.17. The molecule has 1 unspecified atom stereocenters. The van der Waals surface area contributed by atoms with Crippen molar-refractivity contribution in [3.05, 3.63) is 17.5 Å². The number of nitrogens with one attached hydrogen (secondary N) is 1. The van der Waals surface area contributed by atoms with Gasteiger partial charge in [-0.1, -0.05) is 0 Å². The number of aromatic nitrogens is 2. The first-order valence-electron chi connectivity index (χ1n) is 6.71. The van der Waals surface area contributed by atoms with Crippen LogP contribution in [0.25, 0.3) is 0 Å². The summed E-state index contributed by atoms with van der Waals surface area (Å²) in [5, 5.41) is 8.01. The van der Waals surface area contributed by atoms with Crippen molar-refractivity contribution in [3.8, 4) is 0 Å². The van der Waals surface area contributed by atoms with Gasteiger partial charge in [-0.2, -0.15) is 5.10 Å². The first-order valence-corrected chi connectivity index (χ1v) is 6.71. The minimum Gasteiger partial charge on any atom is -0.381 e. The van der Waals surface area contributed by atoms with E-state index < -0.39 is 0 Å². The zero-order valence-electron chi connectivity index (χ0n) is 10.5. The number of hydrogen-bond acceptors (Lipinski definition) is 3. The van der Waals surface area contributed by atoms with Gasteiger partial charge in [-0.25, -0.2) is 0 Å². The highest BCUT2D eigenvalue weighted by atomic mass is 16.5. The molecule has 1 aromatic rings. The fourth-order valence-corrected chi connectivity index (χ4v) is 2.61. The summed E-state index contributed by atoms with van der Waals surface area (Å²) in [6.45, 7) is 6.75. The van der Waals surface area contributed by atoms with Crippen molar-refractivity contribution in [2.24, 2.45) is 5.92 Å². The Kier molecular flexibility index (Phi) is 3.16. The molecular formula is C13H21N3O. The Morgan fingerprint density at radius 3 is 3.18 bits per heavy atom. The van der Waals surface area contributed by atoms with Crippen molar-refractivity contribution in [2.45, 2.75) is 38.8 Å². The minimum absolute atomic E-state index is 0.472. The van der Waals surface area contributed by atoms with E-state index in [9.17, 15) is 0 Å². The summed E-state index contributed by atoms with van der Waals surface area (Å²) in [5.74, 6) is 1.35. The predicted octanol–water partition coefficient (Wildman–Crippen LogP) is 1.52. The van der Waals surface area contributed by atoms with Crippen LogP contribution in [0, 0.1) is 5.92 Å². The Morgan fingerprint density at radius 2 is 2.41 bits per heavy atom. The topological polar surface area (TPSA) is 39.1 Å². The second kappa shape index (κ2) is 4.78. The first kappa shape index (κ1) is 11.2. The minimum atomic E-state index is 0.472. The van der Waals surface area contributed by atoms with E-state index in [0.717, 1.165) is 38.8 Å². The first-order chi connectivity index (χ1) is 8.38. The van der Waals surface area contributed by atoms with E-state index in [1.807, 2.05) is 6.20 Å². The van der Waals surface area contributed by atoms with Gasteiger partial charge in [0.2, 0.25) is 0 Å². The molecule has 17 heavy (non-hydrogen) atoms. The van der Waals surface area contributed by atoms with Crippen molar-refractivity contribution in [1.29, 1.82) is 0 Å². The third-order valence-electron chi connectivity index (χ3n) is 3.70. The maximum Gasteiger partial charge on any atom is 0.0562 e. The molecule has 2 heterocycles. The Balaban J connectivity index is 1.79. The van der Waals surface area contributed by atoms with Gasteiger partial charge in [0.15, 0.2) is 0 Å². The van der Waals surface area contributed by atoms with E-state index >= 15 is 0 Å². The Hall–Kier alpha value is -0.870. The van der Waals surface area contributed by atoms with Gasteiger partial charge in [-0.05, 0) is 25.7 Å². The summed E-state index contributed by atoms with van der Waals surface area (Å²) in [6.07, 6.45) is 4.79. The molecule has 1 fully saturated rings. The second-order valence-corrected chi connectivity index (χ2v) is 5.17. The molecule has 1 N–H and O–H groups in total. The Bertz CT molecular complexity index is 384. The third-order valence-corrected chi connectivity index (χ3v) is 3.70. The molecule has 1 aliphatic carbocycles. The van der Waals surface area contributed by atoms with Crippen LogP contribution in [0.2, 0.25) is 0 Å². The van der Waals surface area contributed by atoms with E-state index in [0.29, 0.717) is 5.92 Å². The van der Waals surface area contributed by atoms with Gasteiger partial charge in [-0.15, -0.1) is 0 Å². The quantitative estimate of drug-likeness (QED) is 0.841. The van der Waals surface area contributed by atoms with Gasteiger partial charge < -0.3 is 10.1 Å². The van der Waals surface area contributed by atoms with E-state index in [2.05, 4.69) is 22.0 Å². The molecule has 1 atom stereocenters. The van der Waals surface area contributed by atoms with Crippen LogP contribution in [0.1, 0.15) is 36.9 Å². The summed E-state index contributed by atoms with van der Waals surface area (Å²) in [6, 6.07) is 0. The fourth-order valence-electron chi connectivity index (χ4n) is 2.61. The van der Waals surface area contributed by atoms with Gasteiger partial charge in [0.05, 0.1) is 12.8 Å². The van der Waals surface area contributed by atoms with Crippen LogP contribution in [-0.4, -0.2) is 29.5 Å². The Morgan fingerprint density at radius 1 is 1.53 bits per heavy atom. The number of ether oxygens (including phenoxy) is 1. The average molecular weight is 235 g/mol. The summed E-state index contributed by atoms with van der Waals surface area (Å²) < 4.78 is 7.83. The van der Waals surface area contributed by atoms with Crippen LogP contribution in [-0.2, 0) is 17.8 Å². The van der Waals surface area contributed by atoms with Gasteiger partial charge >= 0.3 is 0 Å². The summed E-state index contributed by atoms with van der Waals surface area (Å²) in [7, 11) is 0. The monoisotopic (exact) mass is 235 g/mol. The van der Waals surface area contributed by atoms with Crippen molar-refractivity contribution >= 4 is 0 Å². The fraction of sp³-hybridized carbons (Fsp3) is 0.769. The normalized spacial score (nSPS) is 23.7. The molecule has 0 aromatic carbocycles. The lowest BCUT2D eigenvalue weighted by molar-refractivity contribution is 0.127. The molecular weight excluding hydrogens is 214 g/mol. The maximum atomic E-state index is 5.59. The number of fused-ring (bicyclic) bond motifs is 1. The van der Waals surface area contributed by atoms with Crippen LogP contribution in [0.3, 0.4) is 0 Å². The SMILES string of the molecule is CCOCC1CNCc2cnn(CC3CC3)c21. The van der Waals surface area contributed by atoms with Gasteiger partial charge in [-0.3, -0.25) is 4.68 Å². The molecule has 1 saturated carbocycles. The molecule has 4 nitrogen and oxygen atoms in total. The molecule has 0 radical (unpaired) electrons. The van der Waals surface area contributed by atoms with Crippen LogP contribution in [0.5, 0.6) is 0 Å². The third kappa shape index (κ3) is 2.38. The standard InChI is InChI=1S/C13H21N3O/c1-2-17-9-12-6-14-5-11-7-15-16(13(11)12)8-10-3-4-10/h7,10,12,14H,2-6,8-9H2,1H3. The van der Waals surface area contributed by atoms with Crippen LogP contribution in [0.15, 0.2) is 6.20 Å². The van der Waals surface area contributed by atoms with Crippen LogP contribution in [0.4, 0.5) is 0 Å². The Labute approximate surface area is 102 Å². The zero-order valence-corrected chi connectivity index (χ0v) is 10.5. The summed E-state index contributed by atoms with van der Waals surface area (Å²) >= 11 is 0. The molecule has 1 aromatic heterocycles. The lowest BCUT2D eigenvalue weighted by atomic mass is 9.98. The molecule has 2 aliphatic rings. The summed E-state index contributed by atoms with van der Waals surface area (Å²) in [5.41, 5.74) is 2.78. The molecule has 0 saturated heterocycles. The van der Waals surface area contributed by atoms with Crippen molar-refractivity contribution in [2.75, 3.05) is 19.8 Å². The molecule has 0 bridgehead atoms. The smallest absolute Gasteiger partial charge is 0.0562 e. The maximum absolute atomic E-state index is 5.59. The zero-order chi connectivity index (χ0) is 11.7. The highest BCUT2D eigenvalue weighted by Gasteiger charge is 2.28. The van der Waals surface area contributed by atoms with Crippen molar-refractivity contribution in [3.63, 3.8) is 0 Å². The van der Waals surface area contributed by atoms with Gasteiger partial charge in [0.25, 0.3) is 0 Å². The predicted molar refractivity (Wildman–Crippen MR) is 65.9 cm³/mol. The van der Waals surface area contributed by atoms with E-state index in [1.54, 1.807) is 0 Å². The summed E-state index contributed by atoms with van der Waals surface area (Å²) in [4.78, 5) is 0. The highest BCUT2D eigenvalue weighted by Crippen LogP contribution is 2.33.